The number of hydrogen-bond donors (Lipinski definition) is 1. The predicted molar refractivity (Wildman–Crippen MR) is 54.6 cm³/mol. The number of pyridine rings is 1. The maximum atomic E-state index is 11.1. The van der Waals surface area contributed by atoms with Crippen molar-refractivity contribution in [3.05, 3.63) is 44.7 Å². The monoisotopic (exact) mass is 213 g/mol. The van der Waals surface area contributed by atoms with Crippen LogP contribution in [-0.4, -0.2) is 4.98 Å². The van der Waals surface area contributed by atoms with E-state index >= 15 is 0 Å². The van der Waals surface area contributed by atoms with Crippen LogP contribution >= 0.6 is 23.2 Å². The Morgan fingerprint density at radius 3 is 2.69 bits per heavy atom. The van der Waals surface area contributed by atoms with Crippen molar-refractivity contribution in [3.63, 3.8) is 0 Å². The van der Waals surface area contributed by atoms with Gasteiger partial charge in [0.1, 0.15) is 5.02 Å². The average Bonchev–Trinajstić information content (AvgIpc) is 2.09. The summed E-state index contributed by atoms with van der Waals surface area (Å²) in [5.41, 5.74) is 0.401. The van der Waals surface area contributed by atoms with Crippen molar-refractivity contribution in [2.24, 2.45) is 0 Å². The van der Waals surface area contributed by atoms with Gasteiger partial charge in [-0.15, -0.1) is 0 Å². The van der Waals surface area contributed by atoms with E-state index in [4.69, 9.17) is 23.2 Å². The smallest absolute Gasteiger partial charge is 0.267 e. The van der Waals surface area contributed by atoms with E-state index in [1.165, 1.54) is 0 Å². The molecule has 0 saturated carbocycles. The molecule has 0 aliphatic carbocycles. The zero-order valence-electron chi connectivity index (χ0n) is 6.47. The molecule has 2 nitrogen and oxygen atoms in total. The van der Waals surface area contributed by atoms with E-state index < -0.39 is 0 Å². The van der Waals surface area contributed by atoms with Crippen LogP contribution in [0.4, 0.5) is 0 Å². The topological polar surface area (TPSA) is 32.9 Å². The summed E-state index contributed by atoms with van der Waals surface area (Å²) in [4.78, 5) is 13.7. The summed E-state index contributed by atoms with van der Waals surface area (Å²) < 4.78 is 0. The highest BCUT2D eigenvalue weighted by Gasteiger charge is 2.02. The van der Waals surface area contributed by atoms with Gasteiger partial charge >= 0.3 is 0 Å². The highest BCUT2D eigenvalue weighted by Crippen LogP contribution is 2.22. The fraction of sp³-hybridized carbons (Fsp3) is 0. The quantitative estimate of drug-likeness (QED) is 0.718. The van der Waals surface area contributed by atoms with Crippen LogP contribution in [0.1, 0.15) is 0 Å². The summed E-state index contributed by atoms with van der Waals surface area (Å²) in [7, 11) is 0. The van der Waals surface area contributed by atoms with Crippen LogP contribution in [-0.2, 0) is 0 Å². The van der Waals surface area contributed by atoms with Crippen molar-refractivity contribution in [1.82, 2.24) is 4.98 Å². The fourth-order valence-electron chi connectivity index (χ4n) is 1.17. The van der Waals surface area contributed by atoms with Gasteiger partial charge in [0, 0.05) is 15.9 Å². The summed E-state index contributed by atoms with van der Waals surface area (Å²) in [6, 6.07) is 6.87. The third kappa shape index (κ3) is 1.43. The lowest BCUT2D eigenvalue weighted by Gasteiger charge is -1.99. The van der Waals surface area contributed by atoms with Gasteiger partial charge in [-0.25, -0.2) is 0 Å². The van der Waals surface area contributed by atoms with E-state index in [0.717, 1.165) is 5.39 Å². The SMILES string of the molecule is O=c1[nH]c2cccc(Cl)c2cc1Cl. The molecule has 0 bridgehead atoms. The van der Waals surface area contributed by atoms with Gasteiger partial charge in [-0.05, 0) is 18.2 Å². The molecule has 0 aliphatic heterocycles. The highest BCUT2D eigenvalue weighted by atomic mass is 35.5. The minimum atomic E-state index is -0.295. The van der Waals surface area contributed by atoms with Crippen LogP contribution in [0.25, 0.3) is 10.9 Å². The van der Waals surface area contributed by atoms with Crippen molar-refractivity contribution in [2.45, 2.75) is 0 Å². The average molecular weight is 214 g/mol. The van der Waals surface area contributed by atoms with Gasteiger partial charge in [-0.1, -0.05) is 29.3 Å². The normalized spacial score (nSPS) is 10.6. The van der Waals surface area contributed by atoms with E-state index in [0.29, 0.717) is 10.5 Å². The minimum Gasteiger partial charge on any atom is -0.321 e. The number of hydrogen-bond acceptors (Lipinski definition) is 1. The molecule has 1 aromatic carbocycles. The van der Waals surface area contributed by atoms with Crippen LogP contribution in [0.3, 0.4) is 0 Å². The lowest BCUT2D eigenvalue weighted by molar-refractivity contribution is 1.31. The van der Waals surface area contributed by atoms with Gasteiger partial charge in [-0.2, -0.15) is 0 Å². The van der Waals surface area contributed by atoms with Gasteiger partial charge in [0.2, 0.25) is 0 Å². The molecule has 0 fully saturated rings. The Morgan fingerprint density at radius 1 is 1.15 bits per heavy atom. The second-order valence-corrected chi connectivity index (χ2v) is 3.46. The Labute approximate surface area is 84.1 Å². The molecule has 0 unspecified atom stereocenters. The molecule has 1 heterocycles. The number of halogens is 2. The maximum Gasteiger partial charge on any atom is 0.267 e. The van der Waals surface area contributed by atoms with E-state index in [2.05, 4.69) is 4.98 Å². The van der Waals surface area contributed by atoms with Crippen molar-refractivity contribution in [2.75, 3.05) is 0 Å². The Kier molecular flexibility index (Phi) is 2.02. The van der Waals surface area contributed by atoms with Gasteiger partial charge < -0.3 is 4.98 Å². The minimum absolute atomic E-state index is 0.153. The molecule has 1 N–H and O–H groups in total. The lowest BCUT2D eigenvalue weighted by Crippen LogP contribution is -2.05. The Balaban J connectivity index is 2.97. The molecule has 13 heavy (non-hydrogen) atoms. The van der Waals surface area contributed by atoms with Crippen LogP contribution in [0.2, 0.25) is 10.0 Å². The second-order valence-electron chi connectivity index (χ2n) is 2.65. The zero-order valence-corrected chi connectivity index (χ0v) is 7.99. The second kappa shape index (κ2) is 3.05. The van der Waals surface area contributed by atoms with Gasteiger partial charge in [0.25, 0.3) is 5.56 Å². The third-order valence-corrected chi connectivity index (χ3v) is 2.40. The maximum absolute atomic E-state index is 11.1. The molecule has 0 saturated heterocycles. The summed E-state index contributed by atoms with van der Waals surface area (Å²) in [6.07, 6.45) is 0. The molecule has 0 atom stereocenters. The first-order valence-electron chi connectivity index (χ1n) is 3.65. The standard InChI is InChI=1S/C9H5Cl2NO/c10-6-2-1-3-8-5(6)4-7(11)9(13)12-8/h1-4H,(H,12,13). The fourth-order valence-corrected chi connectivity index (χ4v) is 1.55. The van der Waals surface area contributed by atoms with E-state index in [-0.39, 0.29) is 10.6 Å². The zero-order chi connectivity index (χ0) is 9.42. The van der Waals surface area contributed by atoms with E-state index in [1.807, 2.05) is 0 Å². The van der Waals surface area contributed by atoms with Gasteiger partial charge in [-0.3, -0.25) is 4.79 Å². The molecule has 0 aliphatic rings. The number of rotatable bonds is 0. The number of aromatic amines is 1. The molecule has 0 amide bonds. The first-order valence-corrected chi connectivity index (χ1v) is 4.41. The molecule has 66 valence electrons. The summed E-state index contributed by atoms with van der Waals surface area (Å²) in [5, 5.41) is 1.49. The Morgan fingerprint density at radius 2 is 1.92 bits per heavy atom. The molecular formula is C9H5Cl2NO. The number of aromatic nitrogens is 1. The number of nitrogens with one attached hydrogen (secondary N) is 1. The van der Waals surface area contributed by atoms with Crippen LogP contribution in [0.5, 0.6) is 0 Å². The van der Waals surface area contributed by atoms with E-state index in [1.54, 1.807) is 24.3 Å². The summed E-state index contributed by atoms with van der Waals surface area (Å²) >= 11 is 11.6. The summed E-state index contributed by atoms with van der Waals surface area (Å²) in [5.74, 6) is 0. The third-order valence-electron chi connectivity index (χ3n) is 1.79. The van der Waals surface area contributed by atoms with Crippen molar-refractivity contribution in [3.8, 4) is 0 Å². The molecule has 2 aromatic rings. The number of H-pyrrole nitrogens is 1. The number of benzene rings is 1. The molecule has 2 rings (SSSR count). The lowest BCUT2D eigenvalue weighted by atomic mass is 10.2. The van der Waals surface area contributed by atoms with Crippen LogP contribution in [0.15, 0.2) is 29.1 Å². The van der Waals surface area contributed by atoms with Gasteiger partial charge in [0.15, 0.2) is 0 Å². The van der Waals surface area contributed by atoms with Crippen LogP contribution in [0, 0.1) is 0 Å². The first kappa shape index (κ1) is 8.60. The van der Waals surface area contributed by atoms with Crippen LogP contribution < -0.4 is 5.56 Å². The first-order chi connectivity index (χ1) is 6.18. The van der Waals surface area contributed by atoms with Crippen molar-refractivity contribution in [1.29, 1.82) is 0 Å². The molecule has 4 heteroatoms. The Hall–Kier alpha value is -0.990. The van der Waals surface area contributed by atoms with E-state index in [9.17, 15) is 4.79 Å². The van der Waals surface area contributed by atoms with Gasteiger partial charge in [0.05, 0.1) is 0 Å². The summed E-state index contributed by atoms with van der Waals surface area (Å²) in [6.45, 7) is 0. The van der Waals surface area contributed by atoms with Crippen molar-refractivity contribution >= 4 is 34.1 Å². The largest absolute Gasteiger partial charge is 0.321 e. The molecule has 0 spiro atoms. The number of fused-ring (bicyclic) bond motifs is 1. The Bertz CT molecular complexity index is 518. The molecule has 0 radical (unpaired) electrons. The predicted octanol–water partition coefficient (Wildman–Crippen LogP) is 2.83. The molecule has 1 aromatic heterocycles. The molecular weight excluding hydrogens is 209 g/mol. The highest BCUT2D eigenvalue weighted by molar-refractivity contribution is 6.36. The van der Waals surface area contributed by atoms with Crippen molar-refractivity contribution < 1.29 is 0 Å².